The Morgan fingerprint density at radius 2 is 2.00 bits per heavy atom. The number of benzene rings is 2. The molecule has 4 N–H and O–H groups in total. The molecule has 0 spiro atoms. The Kier molecular flexibility index (Phi) is 4.88. The number of para-hydroxylation sites is 1. The third kappa shape index (κ3) is 3.39. The van der Waals surface area contributed by atoms with E-state index >= 15 is 0 Å². The number of fused-ring (bicyclic) bond motifs is 1. The average Bonchev–Trinajstić information content (AvgIpc) is 3.21. The molecule has 6 heteroatoms. The van der Waals surface area contributed by atoms with E-state index in [1.807, 2.05) is 65.0 Å². The second-order valence-electron chi connectivity index (χ2n) is 7.32. The molecule has 0 saturated carbocycles. The van der Waals surface area contributed by atoms with Gasteiger partial charge in [-0.2, -0.15) is 5.10 Å². The topological polar surface area (TPSA) is 90.2 Å². The van der Waals surface area contributed by atoms with Crippen LogP contribution in [0.2, 0.25) is 0 Å². The van der Waals surface area contributed by atoms with Crippen LogP contribution in [0.15, 0.2) is 54.6 Å². The molecule has 2 aromatic carbocycles. The van der Waals surface area contributed by atoms with Gasteiger partial charge in [-0.1, -0.05) is 30.3 Å². The third-order valence-electron chi connectivity index (χ3n) is 5.34. The smallest absolute Gasteiger partial charge is 0.258 e. The predicted octanol–water partition coefficient (Wildman–Crippen LogP) is 2.91. The van der Waals surface area contributed by atoms with E-state index in [4.69, 9.17) is 11.5 Å². The van der Waals surface area contributed by atoms with Crippen molar-refractivity contribution < 1.29 is 4.79 Å². The van der Waals surface area contributed by atoms with Crippen molar-refractivity contribution in [3.05, 3.63) is 77.0 Å². The number of carbonyl (C=O) groups excluding carboxylic acids is 1. The van der Waals surface area contributed by atoms with Gasteiger partial charge in [0.2, 0.25) is 0 Å². The summed E-state index contributed by atoms with van der Waals surface area (Å²) in [5.41, 5.74) is 16.4. The molecule has 6 nitrogen and oxygen atoms in total. The van der Waals surface area contributed by atoms with E-state index in [9.17, 15) is 4.79 Å². The fraction of sp³-hybridized carbons (Fsp3) is 0.273. The summed E-state index contributed by atoms with van der Waals surface area (Å²) in [7, 11) is 0. The minimum atomic E-state index is 0.0190. The van der Waals surface area contributed by atoms with Crippen molar-refractivity contribution in [1.29, 1.82) is 0 Å². The molecule has 0 bridgehead atoms. The molecule has 1 unspecified atom stereocenters. The lowest BCUT2D eigenvalue weighted by Crippen LogP contribution is -2.30. The number of nitrogens with zero attached hydrogens (tertiary/aromatic N) is 3. The zero-order valence-electron chi connectivity index (χ0n) is 16.0. The first-order valence-electron chi connectivity index (χ1n) is 9.56. The van der Waals surface area contributed by atoms with Gasteiger partial charge in [0.25, 0.3) is 5.91 Å². The van der Waals surface area contributed by atoms with Crippen LogP contribution in [-0.4, -0.2) is 28.8 Å². The first kappa shape index (κ1) is 18.3. The Morgan fingerprint density at radius 3 is 2.75 bits per heavy atom. The van der Waals surface area contributed by atoms with Gasteiger partial charge in [0.1, 0.15) is 5.82 Å². The maximum Gasteiger partial charge on any atom is 0.258 e. The summed E-state index contributed by atoms with van der Waals surface area (Å²) in [6, 6.07) is 17.7. The molecule has 2 heterocycles. The van der Waals surface area contributed by atoms with E-state index < -0.39 is 0 Å². The van der Waals surface area contributed by atoms with Gasteiger partial charge in [-0.3, -0.25) is 9.48 Å². The van der Waals surface area contributed by atoms with Gasteiger partial charge in [-0.25, -0.2) is 0 Å². The van der Waals surface area contributed by atoms with Crippen LogP contribution in [0.5, 0.6) is 0 Å². The molecule has 144 valence electrons. The van der Waals surface area contributed by atoms with Gasteiger partial charge in [0, 0.05) is 35.5 Å². The van der Waals surface area contributed by atoms with E-state index in [-0.39, 0.29) is 5.91 Å². The van der Waals surface area contributed by atoms with Crippen molar-refractivity contribution in [1.82, 2.24) is 9.78 Å². The molecule has 1 aromatic heterocycles. The highest BCUT2D eigenvalue weighted by atomic mass is 16.2. The van der Waals surface area contributed by atoms with Gasteiger partial charge in [-0.05, 0) is 49.2 Å². The number of aryl methyl sites for hydroxylation is 1. The molecule has 1 aliphatic rings. The van der Waals surface area contributed by atoms with Crippen LogP contribution in [0.3, 0.4) is 0 Å². The van der Waals surface area contributed by atoms with Crippen molar-refractivity contribution in [2.75, 3.05) is 23.7 Å². The zero-order valence-corrected chi connectivity index (χ0v) is 16.0. The third-order valence-corrected chi connectivity index (χ3v) is 5.34. The van der Waals surface area contributed by atoms with E-state index in [2.05, 4.69) is 11.2 Å². The molecular formula is C22H25N5O. The fourth-order valence-corrected chi connectivity index (χ4v) is 3.96. The SMILES string of the molecule is Cc1cc(N)nn1Cc1cccc(C(=O)N2CC(CCN)c3ccccc32)c1. The summed E-state index contributed by atoms with van der Waals surface area (Å²) < 4.78 is 1.85. The monoisotopic (exact) mass is 375 g/mol. The van der Waals surface area contributed by atoms with Gasteiger partial charge >= 0.3 is 0 Å². The average molecular weight is 375 g/mol. The number of aromatic nitrogens is 2. The Labute approximate surface area is 164 Å². The van der Waals surface area contributed by atoms with E-state index in [0.29, 0.717) is 36.9 Å². The highest BCUT2D eigenvalue weighted by Gasteiger charge is 2.32. The summed E-state index contributed by atoms with van der Waals surface area (Å²) >= 11 is 0. The number of hydrogen-bond acceptors (Lipinski definition) is 4. The quantitative estimate of drug-likeness (QED) is 0.717. The molecule has 3 aromatic rings. The number of nitrogens with two attached hydrogens (primary N) is 2. The van der Waals surface area contributed by atoms with Crippen molar-refractivity contribution in [2.45, 2.75) is 25.8 Å². The Hall–Kier alpha value is -3.12. The van der Waals surface area contributed by atoms with Crippen LogP contribution in [-0.2, 0) is 6.54 Å². The first-order chi connectivity index (χ1) is 13.6. The van der Waals surface area contributed by atoms with Gasteiger partial charge in [-0.15, -0.1) is 0 Å². The summed E-state index contributed by atoms with van der Waals surface area (Å²) in [5.74, 6) is 0.818. The van der Waals surface area contributed by atoms with Gasteiger partial charge < -0.3 is 16.4 Å². The Bertz CT molecular complexity index is 1010. The second kappa shape index (κ2) is 7.48. The molecular weight excluding hydrogens is 350 g/mol. The lowest BCUT2D eigenvalue weighted by molar-refractivity contribution is 0.0988. The van der Waals surface area contributed by atoms with E-state index in [1.54, 1.807) is 0 Å². The molecule has 0 aliphatic carbocycles. The fourth-order valence-electron chi connectivity index (χ4n) is 3.96. The molecule has 0 saturated heterocycles. The molecule has 0 fully saturated rings. The van der Waals surface area contributed by atoms with Crippen LogP contribution in [0, 0.1) is 6.92 Å². The maximum absolute atomic E-state index is 13.3. The number of carbonyl (C=O) groups is 1. The predicted molar refractivity (Wildman–Crippen MR) is 111 cm³/mol. The molecule has 1 atom stereocenters. The number of amides is 1. The summed E-state index contributed by atoms with van der Waals surface area (Å²) in [6.07, 6.45) is 0.876. The van der Waals surface area contributed by atoms with Crippen molar-refractivity contribution in [3.8, 4) is 0 Å². The van der Waals surface area contributed by atoms with Crippen molar-refractivity contribution in [3.63, 3.8) is 0 Å². The number of rotatable bonds is 5. The standard InChI is InChI=1S/C22H25N5O/c1-15-11-21(24)25-27(15)13-16-5-4-6-17(12-16)22(28)26-14-18(9-10-23)19-7-2-3-8-20(19)26/h2-8,11-12,18H,9-10,13-14,23H2,1H3,(H2,24,25). The van der Waals surface area contributed by atoms with Crippen molar-refractivity contribution >= 4 is 17.4 Å². The summed E-state index contributed by atoms with van der Waals surface area (Å²) in [5, 5.41) is 4.30. The van der Waals surface area contributed by atoms with E-state index in [0.717, 1.165) is 23.4 Å². The summed E-state index contributed by atoms with van der Waals surface area (Å²) in [4.78, 5) is 15.2. The number of nitrogen functional groups attached to an aromatic ring is 1. The van der Waals surface area contributed by atoms with Gasteiger partial charge in [0.15, 0.2) is 0 Å². The number of hydrogen-bond donors (Lipinski definition) is 2. The summed E-state index contributed by atoms with van der Waals surface area (Å²) in [6.45, 7) is 3.84. The van der Waals surface area contributed by atoms with Crippen LogP contribution >= 0.6 is 0 Å². The maximum atomic E-state index is 13.3. The first-order valence-corrected chi connectivity index (χ1v) is 9.56. The van der Waals surface area contributed by atoms with Gasteiger partial charge in [0.05, 0.1) is 6.54 Å². The molecule has 1 aliphatic heterocycles. The van der Waals surface area contributed by atoms with Crippen LogP contribution < -0.4 is 16.4 Å². The van der Waals surface area contributed by atoms with Crippen molar-refractivity contribution in [2.24, 2.45) is 5.73 Å². The molecule has 1 amide bonds. The van der Waals surface area contributed by atoms with Crippen LogP contribution in [0.1, 0.15) is 39.5 Å². The zero-order chi connectivity index (χ0) is 19.7. The highest BCUT2D eigenvalue weighted by molar-refractivity contribution is 6.07. The van der Waals surface area contributed by atoms with Crippen LogP contribution in [0.4, 0.5) is 11.5 Å². The minimum Gasteiger partial charge on any atom is -0.382 e. The minimum absolute atomic E-state index is 0.0190. The highest BCUT2D eigenvalue weighted by Crippen LogP contribution is 2.38. The molecule has 28 heavy (non-hydrogen) atoms. The Balaban J connectivity index is 1.60. The molecule has 0 radical (unpaired) electrons. The second-order valence-corrected chi connectivity index (χ2v) is 7.32. The van der Waals surface area contributed by atoms with E-state index in [1.165, 1.54) is 5.56 Å². The Morgan fingerprint density at radius 1 is 1.18 bits per heavy atom. The largest absolute Gasteiger partial charge is 0.382 e. The molecule has 4 rings (SSSR count). The lowest BCUT2D eigenvalue weighted by atomic mass is 9.98. The normalized spacial score (nSPS) is 15.6. The number of anilines is 2. The lowest BCUT2D eigenvalue weighted by Gasteiger charge is -2.18. The van der Waals surface area contributed by atoms with Crippen LogP contribution in [0.25, 0.3) is 0 Å².